The minimum absolute atomic E-state index is 0.000510. The summed E-state index contributed by atoms with van der Waals surface area (Å²) >= 11 is 0. The number of rotatable bonds is 5. The van der Waals surface area contributed by atoms with E-state index in [4.69, 9.17) is 0 Å². The summed E-state index contributed by atoms with van der Waals surface area (Å²) in [6.45, 7) is 5.39. The first kappa shape index (κ1) is 22.1. The molecule has 0 aromatic heterocycles. The Bertz CT molecular complexity index is 1250. The fourth-order valence-electron chi connectivity index (χ4n) is 4.14. The molecule has 0 saturated carbocycles. The highest BCUT2D eigenvalue weighted by molar-refractivity contribution is 7.92. The number of aryl methyl sites for hydroxylation is 2. The highest BCUT2D eigenvalue weighted by atomic mass is 32.2. The standard InChI is InChI=1S/C26H28N2O3S/c1-19-8-9-20(2)25(16-19)28(32(3,30)31)17-21-10-12-23(13-11-21)26(29)27-15-14-22-6-4-5-7-24(22)18-27/h4-13,16H,14-15,17-18H2,1-3H3. The molecular weight excluding hydrogens is 420 g/mol. The molecule has 1 heterocycles. The molecule has 0 unspecified atom stereocenters. The minimum atomic E-state index is -3.47. The Kier molecular flexibility index (Phi) is 6.07. The molecule has 0 radical (unpaired) electrons. The normalized spacial score (nSPS) is 13.5. The molecule has 0 bridgehead atoms. The smallest absolute Gasteiger partial charge is 0.254 e. The van der Waals surface area contributed by atoms with E-state index in [2.05, 4.69) is 12.1 Å². The van der Waals surface area contributed by atoms with Gasteiger partial charge in [0, 0.05) is 18.7 Å². The van der Waals surface area contributed by atoms with Crippen molar-refractivity contribution >= 4 is 21.6 Å². The largest absolute Gasteiger partial charge is 0.334 e. The van der Waals surface area contributed by atoms with Crippen molar-refractivity contribution in [2.24, 2.45) is 0 Å². The molecule has 0 atom stereocenters. The van der Waals surface area contributed by atoms with Crippen molar-refractivity contribution < 1.29 is 13.2 Å². The Morgan fingerprint density at radius 2 is 1.66 bits per heavy atom. The average Bonchev–Trinajstić information content (AvgIpc) is 2.78. The van der Waals surface area contributed by atoms with Gasteiger partial charge >= 0.3 is 0 Å². The van der Waals surface area contributed by atoms with Gasteiger partial charge in [0.15, 0.2) is 0 Å². The first-order valence-corrected chi connectivity index (χ1v) is 12.6. The van der Waals surface area contributed by atoms with E-state index in [1.807, 2.05) is 61.2 Å². The van der Waals surface area contributed by atoms with Crippen LogP contribution in [0.1, 0.15) is 38.2 Å². The molecule has 4 rings (SSSR count). The number of hydrogen-bond acceptors (Lipinski definition) is 3. The summed E-state index contributed by atoms with van der Waals surface area (Å²) in [5, 5.41) is 0. The van der Waals surface area contributed by atoms with Crippen molar-refractivity contribution in [2.45, 2.75) is 33.4 Å². The third kappa shape index (κ3) is 4.70. The van der Waals surface area contributed by atoms with Crippen LogP contribution >= 0.6 is 0 Å². The lowest BCUT2D eigenvalue weighted by Crippen LogP contribution is -2.36. The lowest BCUT2D eigenvalue weighted by atomic mass is 9.99. The van der Waals surface area contributed by atoms with Crippen molar-refractivity contribution in [2.75, 3.05) is 17.1 Å². The van der Waals surface area contributed by atoms with Crippen LogP contribution in [-0.2, 0) is 29.5 Å². The quantitative estimate of drug-likeness (QED) is 0.579. The van der Waals surface area contributed by atoms with Gasteiger partial charge in [-0.1, -0.05) is 48.5 Å². The summed E-state index contributed by atoms with van der Waals surface area (Å²) in [5.74, 6) is 0.000510. The molecule has 0 aliphatic carbocycles. The summed E-state index contributed by atoms with van der Waals surface area (Å²) in [6.07, 6.45) is 2.08. The van der Waals surface area contributed by atoms with Gasteiger partial charge in [-0.25, -0.2) is 8.42 Å². The van der Waals surface area contributed by atoms with Crippen molar-refractivity contribution in [1.29, 1.82) is 0 Å². The van der Waals surface area contributed by atoms with E-state index >= 15 is 0 Å². The maximum absolute atomic E-state index is 13.0. The summed E-state index contributed by atoms with van der Waals surface area (Å²) in [5.41, 5.74) is 6.53. The van der Waals surface area contributed by atoms with Crippen LogP contribution in [0.5, 0.6) is 0 Å². The second-order valence-electron chi connectivity index (χ2n) is 8.50. The van der Waals surface area contributed by atoms with Crippen LogP contribution in [0.3, 0.4) is 0 Å². The van der Waals surface area contributed by atoms with Crippen molar-refractivity contribution in [3.05, 3.63) is 100 Å². The number of amides is 1. The van der Waals surface area contributed by atoms with Gasteiger partial charge in [0.25, 0.3) is 5.91 Å². The van der Waals surface area contributed by atoms with E-state index in [1.165, 1.54) is 21.7 Å². The van der Waals surface area contributed by atoms with Gasteiger partial charge in [-0.05, 0) is 66.3 Å². The van der Waals surface area contributed by atoms with Crippen molar-refractivity contribution in [3.8, 4) is 0 Å². The second-order valence-corrected chi connectivity index (χ2v) is 10.4. The predicted molar refractivity (Wildman–Crippen MR) is 128 cm³/mol. The van der Waals surface area contributed by atoms with Gasteiger partial charge in [-0.2, -0.15) is 0 Å². The van der Waals surface area contributed by atoms with E-state index in [0.29, 0.717) is 24.3 Å². The first-order valence-electron chi connectivity index (χ1n) is 10.7. The Morgan fingerprint density at radius 3 is 2.34 bits per heavy atom. The zero-order valence-electron chi connectivity index (χ0n) is 18.7. The van der Waals surface area contributed by atoms with Crippen LogP contribution < -0.4 is 4.31 Å². The fraction of sp³-hybridized carbons (Fsp3) is 0.269. The number of carbonyl (C=O) groups is 1. The lowest BCUT2D eigenvalue weighted by molar-refractivity contribution is 0.0734. The Labute approximate surface area is 190 Å². The number of carbonyl (C=O) groups excluding carboxylic acids is 1. The van der Waals surface area contributed by atoms with Crippen LogP contribution in [0, 0.1) is 13.8 Å². The summed E-state index contributed by atoms with van der Waals surface area (Å²) in [7, 11) is -3.47. The van der Waals surface area contributed by atoms with Crippen LogP contribution in [0.2, 0.25) is 0 Å². The van der Waals surface area contributed by atoms with Crippen LogP contribution in [0.15, 0.2) is 66.7 Å². The summed E-state index contributed by atoms with van der Waals surface area (Å²) in [4.78, 5) is 14.9. The maximum Gasteiger partial charge on any atom is 0.254 e. The highest BCUT2D eigenvalue weighted by Crippen LogP contribution is 2.26. The zero-order chi connectivity index (χ0) is 22.9. The van der Waals surface area contributed by atoms with Crippen molar-refractivity contribution in [3.63, 3.8) is 0 Å². The number of sulfonamides is 1. The lowest BCUT2D eigenvalue weighted by Gasteiger charge is -2.29. The number of nitrogens with zero attached hydrogens (tertiary/aromatic N) is 2. The average molecular weight is 449 g/mol. The van der Waals surface area contributed by atoms with Crippen LogP contribution in [0.4, 0.5) is 5.69 Å². The zero-order valence-corrected chi connectivity index (χ0v) is 19.5. The monoisotopic (exact) mass is 448 g/mol. The third-order valence-electron chi connectivity index (χ3n) is 5.98. The number of benzene rings is 3. The van der Waals surface area contributed by atoms with E-state index in [1.54, 1.807) is 12.1 Å². The van der Waals surface area contributed by atoms with Crippen molar-refractivity contribution in [1.82, 2.24) is 4.90 Å². The maximum atomic E-state index is 13.0. The van der Waals surface area contributed by atoms with E-state index < -0.39 is 10.0 Å². The molecule has 166 valence electrons. The minimum Gasteiger partial charge on any atom is -0.334 e. The molecule has 5 nitrogen and oxygen atoms in total. The third-order valence-corrected chi connectivity index (χ3v) is 7.11. The number of fused-ring (bicyclic) bond motifs is 1. The molecule has 1 amide bonds. The molecule has 1 aliphatic heterocycles. The van der Waals surface area contributed by atoms with Gasteiger partial charge < -0.3 is 4.90 Å². The summed E-state index contributed by atoms with van der Waals surface area (Å²) < 4.78 is 26.5. The number of anilines is 1. The summed E-state index contributed by atoms with van der Waals surface area (Å²) in [6, 6.07) is 21.3. The predicted octanol–water partition coefficient (Wildman–Crippen LogP) is 4.47. The molecule has 32 heavy (non-hydrogen) atoms. The molecule has 6 heteroatoms. The molecule has 0 fully saturated rings. The van der Waals surface area contributed by atoms with Gasteiger partial charge in [0.05, 0.1) is 18.5 Å². The molecular formula is C26H28N2O3S. The molecule has 1 aliphatic rings. The second kappa shape index (κ2) is 8.79. The number of hydrogen-bond donors (Lipinski definition) is 0. The van der Waals surface area contributed by atoms with Gasteiger partial charge in [0.1, 0.15) is 0 Å². The topological polar surface area (TPSA) is 57.7 Å². The Hall–Kier alpha value is -3.12. The van der Waals surface area contributed by atoms with Crippen LogP contribution in [-0.4, -0.2) is 32.0 Å². The fourth-order valence-corrected chi connectivity index (χ4v) is 5.08. The van der Waals surface area contributed by atoms with Gasteiger partial charge in [-0.3, -0.25) is 9.10 Å². The van der Waals surface area contributed by atoms with Gasteiger partial charge in [0.2, 0.25) is 10.0 Å². The molecule has 3 aromatic carbocycles. The highest BCUT2D eigenvalue weighted by Gasteiger charge is 2.23. The first-order chi connectivity index (χ1) is 15.2. The van der Waals surface area contributed by atoms with E-state index in [9.17, 15) is 13.2 Å². The SMILES string of the molecule is Cc1ccc(C)c(N(Cc2ccc(C(=O)N3CCc4ccccc4C3)cc2)S(C)(=O)=O)c1. The molecule has 3 aromatic rings. The van der Waals surface area contributed by atoms with E-state index in [-0.39, 0.29) is 12.5 Å². The van der Waals surface area contributed by atoms with E-state index in [0.717, 1.165) is 23.1 Å². The molecule has 0 spiro atoms. The molecule has 0 saturated heterocycles. The Morgan fingerprint density at radius 1 is 0.969 bits per heavy atom. The van der Waals surface area contributed by atoms with Crippen LogP contribution in [0.25, 0.3) is 0 Å². The van der Waals surface area contributed by atoms with Gasteiger partial charge in [-0.15, -0.1) is 0 Å². The molecule has 0 N–H and O–H groups in total. The Balaban J connectivity index is 1.53.